The minimum absolute atomic E-state index is 0.237. The summed E-state index contributed by atoms with van der Waals surface area (Å²) < 4.78 is 19.3. The second kappa shape index (κ2) is 3.61. The van der Waals surface area contributed by atoms with Crippen LogP contribution in [0.4, 0.5) is 0 Å². The molecule has 5 nitrogen and oxygen atoms in total. The molecule has 0 amide bonds. The van der Waals surface area contributed by atoms with Gasteiger partial charge in [0.1, 0.15) is 0 Å². The van der Waals surface area contributed by atoms with Gasteiger partial charge in [0.15, 0.2) is 0 Å². The van der Waals surface area contributed by atoms with Crippen molar-refractivity contribution in [2.45, 2.75) is 12.8 Å². The molecule has 1 fully saturated rings. The van der Waals surface area contributed by atoms with Crippen molar-refractivity contribution in [2.24, 2.45) is 5.41 Å². The summed E-state index contributed by atoms with van der Waals surface area (Å²) >= 11 is 1.14. The number of hydrogen-bond acceptors (Lipinski definition) is 6. The third-order valence-corrected chi connectivity index (χ3v) is 3.64. The average molecular weight is 227 g/mol. The summed E-state index contributed by atoms with van der Waals surface area (Å²) in [5, 5.41) is 3.38. The molecule has 1 atom stereocenters. The Morgan fingerprint density at radius 3 is 2.87 bits per heavy atom. The predicted octanol–water partition coefficient (Wildman–Crippen LogP) is 0.679. The van der Waals surface area contributed by atoms with Gasteiger partial charge in [-0.05, 0) is 19.4 Å². The van der Waals surface area contributed by atoms with Crippen LogP contribution in [0.1, 0.15) is 12.8 Å². The molecule has 1 N–H and O–H groups in total. The van der Waals surface area contributed by atoms with E-state index in [0.29, 0.717) is 18.4 Å². The fourth-order valence-corrected chi connectivity index (χ4v) is 2.59. The van der Waals surface area contributed by atoms with Crippen LogP contribution in [-0.4, -0.2) is 35.1 Å². The number of rotatable bonds is 0. The third-order valence-electron chi connectivity index (χ3n) is 3.15. The maximum Gasteiger partial charge on any atom is 0.291 e. The van der Waals surface area contributed by atoms with E-state index in [-0.39, 0.29) is 5.41 Å². The van der Waals surface area contributed by atoms with E-state index in [2.05, 4.69) is 14.1 Å². The van der Waals surface area contributed by atoms with Crippen LogP contribution in [0.25, 0.3) is 0 Å². The molecule has 2 aliphatic rings. The molecule has 0 aliphatic carbocycles. The molecule has 1 aromatic heterocycles. The van der Waals surface area contributed by atoms with Gasteiger partial charge in [0.2, 0.25) is 0 Å². The minimum atomic E-state index is 0.237. The molecular formula is C9H13N3O2S. The first-order valence-electron chi connectivity index (χ1n) is 5.17. The van der Waals surface area contributed by atoms with E-state index < -0.39 is 0 Å². The van der Waals surface area contributed by atoms with E-state index >= 15 is 0 Å². The number of hydrogen-bond donors (Lipinski definition) is 1. The molecular weight excluding hydrogens is 214 g/mol. The third kappa shape index (κ3) is 1.68. The molecule has 15 heavy (non-hydrogen) atoms. The monoisotopic (exact) mass is 227 g/mol. The van der Waals surface area contributed by atoms with Crippen LogP contribution in [0, 0.1) is 5.41 Å². The summed E-state index contributed by atoms with van der Waals surface area (Å²) in [4.78, 5) is 0. The molecule has 0 saturated carbocycles. The minimum Gasteiger partial charge on any atom is -0.473 e. The Hall–Kier alpha value is -0.880. The van der Waals surface area contributed by atoms with Gasteiger partial charge in [-0.1, -0.05) is 0 Å². The van der Waals surface area contributed by atoms with Crippen molar-refractivity contribution < 1.29 is 9.47 Å². The molecule has 3 heterocycles. The number of ether oxygens (including phenoxy) is 2. The number of nitrogens with one attached hydrogen (secondary N) is 1. The van der Waals surface area contributed by atoms with Crippen molar-refractivity contribution in [1.29, 1.82) is 0 Å². The Labute approximate surface area is 92.1 Å². The van der Waals surface area contributed by atoms with E-state index in [0.717, 1.165) is 44.3 Å². The molecule has 0 aromatic carbocycles. The topological polar surface area (TPSA) is 56.3 Å². The molecule has 1 spiro atoms. The lowest BCUT2D eigenvalue weighted by Crippen LogP contribution is -2.34. The molecule has 1 saturated heterocycles. The van der Waals surface area contributed by atoms with Crippen molar-refractivity contribution >= 4 is 11.7 Å². The lowest BCUT2D eigenvalue weighted by Gasteiger charge is -2.29. The van der Waals surface area contributed by atoms with Crippen molar-refractivity contribution in [3.05, 3.63) is 0 Å². The van der Waals surface area contributed by atoms with E-state index in [4.69, 9.17) is 9.47 Å². The molecule has 0 unspecified atom stereocenters. The van der Waals surface area contributed by atoms with Gasteiger partial charge in [0.05, 0.1) is 24.9 Å². The average Bonchev–Trinajstić information content (AvgIpc) is 2.82. The lowest BCUT2D eigenvalue weighted by molar-refractivity contribution is 0.100. The molecule has 0 bridgehead atoms. The maximum atomic E-state index is 5.68. The predicted molar refractivity (Wildman–Crippen MR) is 55.4 cm³/mol. The quantitative estimate of drug-likeness (QED) is 0.706. The van der Waals surface area contributed by atoms with Gasteiger partial charge in [-0.25, -0.2) is 0 Å². The highest BCUT2D eigenvalue weighted by Gasteiger charge is 2.36. The summed E-state index contributed by atoms with van der Waals surface area (Å²) in [6, 6.07) is 0. The smallest absolute Gasteiger partial charge is 0.291 e. The highest BCUT2D eigenvalue weighted by molar-refractivity contribution is 6.99. The number of aromatic nitrogens is 2. The molecule has 82 valence electrons. The Morgan fingerprint density at radius 2 is 2.07 bits per heavy atom. The summed E-state index contributed by atoms with van der Waals surface area (Å²) in [5.41, 5.74) is 0.237. The van der Waals surface area contributed by atoms with Crippen LogP contribution in [-0.2, 0) is 0 Å². The second-order valence-corrected chi connectivity index (χ2v) is 4.72. The fraction of sp³-hybridized carbons (Fsp3) is 0.778. The van der Waals surface area contributed by atoms with Crippen LogP contribution in [0.15, 0.2) is 0 Å². The Morgan fingerprint density at radius 1 is 1.20 bits per heavy atom. The summed E-state index contributed by atoms with van der Waals surface area (Å²) in [6.45, 7) is 3.53. The van der Waals surface area contributed by atoms with E-state index in [1.807, 2.05) is 0 Å². The van der Waals surface area contributed by atoms with E-state index in [9.17, 15) is 0 Å². The van der Waals surface area contributed by atoms with Gasteiger partial charge in [-0.3, -0.25) is 0 Å². The van der Waals surface area contributed by atoms with Gasteiger partial charge < -0.3 is 14.8 Å². The van der Waals surface area contributed by atoms with Gasteiger partial charge in [-0.15, -0.1) is 8.75 Å². The van der Waals surface area contributed by atoms with Crippen LogP contribution >= 0.6 is 11.7 Å². The van der Waals surface area contributed by atoms with E-state index in [1.54, 1.807) is 0 Å². The van der Waals surface area contributed by atoms with E-state index in [1.165, 1.54) is 0 Å². The summed E-state index contributed by atoms with van der Waals surface area (Å²) in [7, 11) is 0. The van der Waals surface area contributed by atoms with Crippen LogP contribution < -0.4 is 14.8 Å². The van der Waals surface area contributed by atoms with Crippen molar-refractivity contribution in [3.63, 3.8) is 0 Å². The normalized spacial score (nSPS) is 30.1. The van der Waals surface area contributed by atoms with Crippen molar-refractivity contribution in [3.8, 4) is 11.8 Å². The zero-order valence-electron chi connectivity index (χ0n) is 8.36. The zero-order valence-corrected chi connectivity index (χ0v) is 9.18. The van der Waals surface area contributed by atoms with Gasteiger partial charge >= 0.3 is 0 Å². The Kier molecular flexibility index (Phi) is 2.25. The molecule has 6 heteroatoms. The highest BCUT2D eigenvalue weighted by atomic mass is 32.1. The van der Waals surface area contributed by atoms with Crippen LogP contribution in [0.2, 0.25) is 0 Å². The first-order chi connectivity index (χ1) is 7.38. The zero-order chi connectivity index (χ0) is 10.1. The van der Waals surface area contributed by atoms with Gasteiger partial charge in [0, 0.05) is 12.0 Å². The Bertz CT molecular complexity index is 349. The SMILES string of the molecule is C1C[C@]2(CCOc3nsnc3OC2)CN1. The van der Waals surface area contributed by atoms with Gasteiger partial charge in [0.25, 0.3) is 11.8 Å². The summed E-state index contributed by atoms with van der Waals surface area (Å²) in [5.74, 6) is 1.12. The lowest BCUT2D eigenvalue weighted by atomic mass is 9.85. The summed E-state index contributed by atoms with van der Waals surface area (Å²) in [6.07, 6.45) is 2.18. The first kappa shape index (κ1) is 9.35. The fourth-order valence-electron chi connectivity index (χ4n) is 2.14. The van der Waals surface area contributed by atoms with Crippen molar-refractivity contribution in [2.75, 3.05) is 26.3 Å². The first-order valence-corrected chi connectivity index (χ1v) is 5.90. The largest absolute Gasteiger partial charge is 0.473 e. The van der Waals surface area contributed by atoms with Gasteiger partial charge in [-0.2, -0.15) is 0 Å². The molecule has 2 aliphatic heterocycles. The van der Waals surface area contributed by atoms with Crippen molar-refractivity contribution in [1.82, 2.24) is 14.1 Å². The molecule has 1 aromatic rings. The highest BCUT2D eigenvalue weighted by Crippen LogP contribution is 2.35. The maximum absolute atomic E-state index is 5.68. The van der Waals surface area contributed by atoms with Crippen LogP contribution in [0.5, 0.6) is 11.8 Å². The number of nitrogens with zero attached hydrogens (tertiary/aromatic N) is 2. The molecule has 0 radical (unpaired) electrons. The number of fused-ring (bicyclic) bond motifs is 1. The standard InChI is InChI=1S/C9H13N3O2S/c1-3-10-5-9(1)2-4-13-7-8(14-6-9)12-15-11-7/h10H,1-6H2/t9-/m0/s1. The molecule has 3 rings (SSSR count). The second-order valence-electron chi connectivity index (χ2n) is 4.19. The Balaban J connectivity index is 1.79. The van der Waals surface area contributed by atoms with Crippen LogP contribution in [0.3, 0.4) is 0 Å².